The summed E-state index contributed by atoms with van der Waals surface area (Å²) in [5.41, 5.74) is 0.588. The fraction of sp³-hybridized carbons (Fsp3) is 0.806. The van der Waals surface area contributed by atoms with Crippen molar-refractivity contribution in [1.82, 2.24) is 0 Å². The summed E-state index contributed by atoms with van der Waals surface area (Å²) in [7, 11) is 2.96. The van der Waals surface area contributed by atoms with E-state index in [9.17, 15) is 19.2 Å². The standard InChI is InChI=1S/C31H46O10/c1-16-22(17(2)39-29(16)34)10-11-24(33)23-9-8-20-14-21(12-13-31(20,5)27(23)30(35)37-7)41-26-15-25(36-6)28(18(3)38-26)40-19(4)32/h8,16-18,21-23,25-28H,9-15H2,1-7H3/t16-,17+,18-,21+,22-,23-,25-,26+,27-,28+,31+/m1/s1. The Bertz CT molecular complexity index is 1040. The number of ketones is 1. The lowest BCUT2D eigenvalue weighted by atomic mass is 9.55. The van der Waals surface area contributed by atoms with E-state index in [-0.39, 0.29) is 59.9 Å². The molecular formula is C31H46O10. The number of carbonyl (C=O) groups is 4. The van der Waals surface area contributed by atoms with E-state index in [0.29, 0.717) is 44.9 Å². The van der Waals surface area contributed by atoms with Gasteiger partial charge in [-0.2, -0.15) is 0 Å². The van der Waals surface area contributed by atoms with Crippen LogP contribution in [0.5, 0.6) is 0 Å². The summed E-state index contributed by atoms with van der Waals surface area (Å²) in [6.45, 7) is 8.99. The molecule has 0 aromatic rings. The molecule has 0 aromatic heterocycles. The monoisotopic (exact) mass is 578 g/mol. The number of fused-ring (bicyclic) bond motifs is 1. The second kappa shape index (κ2) is 12.9. The molecule has 2 heterocycles. The molecule has 230 valence electrons. The fourth-order valence-electron chi connectivity index (χ4n) is 7.54. The first-order valence-electron chi connectivity index (χ1n) is 14.9. The summed E-state index contributed by atoms with van der Waals surface area (Å²) in [6.07, 6.45) is 3.77. The molecule has 1 saturated carbocycles. The van der Waals surface area contributed by atoms with Gasteiger partial charge in [0.05, 0.1) is 31.2 Å². The van der Waals surface area contributed by atoms with Crippen molar-refractivity contribution in [3.05, 3.63) is 11.6 Å². The average molecular weight is 579 g/mol. The highest BCUT2D eigenvalue weighted by Crippen LogP contribution is 2.54. The van der Waals surface area contributed by atoms with E-state index in [0.717, 1.165) is 5.57 Å². The Morgan fingerprint density at radius 3 is 2.46 bits per heavy atom. The Labute approximate surface area is 242 Å². The van der Waals surface area contributed by atoms with Gasteiger partial charge in [-0.1, -0.05) is 25.5 Å². The van der Waals surface area contributed by atoms with Crippen LogP contribution in [0.3, 0.4) is 0 Å². The van der Waals surface area contributed by atoms with E-state index < -0.39 is 29.6 Å². The highest BCUT2D eigenvalue weighted by molar-refractivity contribution is 5.88. The van der Waals surface area contributed by atoms with E-state index in [1.807, 2.05) is 20.8 Å². The molecule has 4 rings (SSSR count). The summed E-state index contributed by atoms with van der Waals surface area (Å²) in [4.78, 5) is 50.2. The molecule has 0 bridgehead atoms. The molecule has 4 aliphatic rings. The summed E-state index contributed by atoms with van der Waals surface area (Å²) in [5.74, 6) is -2.21. The summed E-state index contributed by atoms with van der Waals surface area (Å²) in [6, 6.07) is 0. The van der Waals surface area contributed by atoms with Crippen LogP contribution < -0.4 is 0 Å². The lowest BCUT2D eigenvalue weighted by Crippen LogP contribution is -2.52. The minimum Gasteiger partial charge on any atom is -0.469 e. The van der Waals surface area contributed by atoms with Crippen LogP contribution in [-0.4, -0.2) is 74.7 Å². The zero-order valence-electron chi connectivity index (χ0n) is 25.4. The van der Waals surface area contributed by atoms with Crippen molar-refractivity contribution in [2.75, 3.05) is 14.2 Å². The number of carbonyl (C=O) groups excluding carboxylic acids is 4. The number of methoxy groups -OCH3 is 2. The van der Waals surface area contributed by atoms with Gasteiger partial charge in [0.25, 0.3) is 0 Å². The molecule has 0 radical (unpaired) electrons. The van der Waals surface area contributed by atoms with Crippen LogP contribution >= 0.6 is 0 Å². The van der Waals surface area contributed by atoms with Gasteiger partial charge < -0.3 is 28.4 Å². The van der Waals surface area contributed by atoms with Gasteiger partial charge in [0, 0.05) is 44.1 Å². The Morgan fingerprint density at radius 1 is 1.12 bits per heavy atom. The Morgan fingerprint density at radius 2 is 1.85 bits per heavy atom. The number of hydrogen-bond acceptors (Lipinski definition) is 10. The van der Waals surface area contributed by atoms with Crippen molar-refractivity contribution in [3.63, 3.8) is 0 Å². The maximum Gasteiger partial charge on any atom is 0.310 e. The number of hydrogen-bond donors (Lipinski definition) is 0. The largest absolute Gasteiger partial charge is 0.469 e. The highest BCUT2D eigenvalue weighted by Gasteiger charge is 2.53. The summed E-state index contributed by atoms with van der Waals surface area (Å²) >= 11 is 0. The van der Waals surface area contributed by atoms with Gasteiger partial charge in [-0.15, -0.1) is 0 Å². The number of Topliss-reactive ketones (excluding diaryl/α,β-unsaturated/α-hetero) is 1. The van der Waals surface area contributed by atoms with Crippen LogP contribution in [0.15, 0.2) is 11.6 Å². The number of ether oxygens (including phenoxy) is 6. The highest BCUT2D eigenvalue weighted by atomic mass is 16.7. The third kappa shape index (κ3) is 6.54. The van der Waals surface area contributed by atoms with Crippen molar-refractivity contribution < 1.29 is 47.6 Å². The van der Waals surface area contributed by atoms with Crippen LogP contribution in [0.1, 0.15) is 79.6 Å². The first-order chi connectivity index (χ1) is 19.4. The SMILES string of the molecule is COC(=O)[C@H]1[C@@H](C(=O)CC[C@H]2[C@H](C)OC(=O)[C@@H]2C)CC=C2C[C@@H](O[C@H]3C[C@@H](OC)[C@@H](OC(C)=O)[C@@H](C)O3)CC[C@@]21C. The molecule has 0 amide bonds. The van der Waals surface area contributed by atoms with Gasteiger partial charge in [-0.3, -0.25) is 19.2 Å². The predicted molar refractivity (Wildman–Crippen MR) is 146 cm³/mol. The van der Waals surface area contributed by atoms with Crippen LogP contribution in [0.2, 0.25) is 0 Å². The van der Waals surface area contributed by atoms with Gasteiger partial charge in [0.2, 0.25) is 0 Å². The molecule has 3 fully saturated rings. The normalized spacial score (nSPS) is 40.7. The minimum absolute atomic E-state index is 0.00683. The van der Waals surface area contributed by atoms with Crippen LogP contribution in [0, 0.1) is 29.1 Å². The van der Waals surface area contributed by atoms with E-state index in [4.69, 9.17) is 28.4 Å². The first kappa shape index (κ1) is 31.6. The quantitative estimate of drug-likeness (QED) is 0.226. The number of allylic oxidation sites excluding steroid dienone is 1. The third-order valence-electron chi connectivity index (χ3n) is 9.95. The van der Waals surface area contributed by atoms with Crippen LogP contribution in [-0.2, 0) is 47.6 Å². The molecule has 0 aromatic carbocycles. The van der Waals surface area contributed by atoms with E-state index in [2.05, 4.69) is 13.0 Å². The smallest absolute Gasteiger partial charge is 0.310 e. The van der Waals surface area contributed by atoms with E-state index >= 15 is 0 Å². The Hall–Kier alpha value is -2.30. The fourth-order valence-corrected chi connectivity index (χ4v) is 7.54. The molecule has 10 heteroatoms. The lowest BCUT2D eigenvalue weighted by Gasteiger charge is -2.49. The predicted octanol–water partition coefficient (Wildman–Crippen LogP) is 3.93. The minimum atomic E-state index is -0.578. The molecule has 2 saturated heterocycles. The molecule has 0 N–H and O–H groups in total. The third-order valence-corrected chi connectivity index (χ3v) is 9.95. The van der Waals surface area contributed by atoms with Crippen molar-refractivity contribution in [2.45, 2.75) is 116 Å². The molecule has 0 spiro atoms. The Balaban J connectivity index is 1.42. The van der Waals surface area contributed by atoms with Crippen molar-refractivity contribution >= 4 is 23.7 Å². The zero-order valence-corrected chi connectivity index (χ0v) is 25.4. The number of cyclic esters (lactones) is 1. The van der Waals surface area contributed by atoms with Gasteiger partial charge in [0.1, 0.15) is 18.0 Å². The molecule has 0 unspecified atom stereocenters. The van der Waals surface area contributed by atoms with Crippen LogP contribution in [0.25, 0.3) is 0 Å². The molecule has 2 aliphatic carbocycles. The van der Waals surface area contributed by atoms with Gasteiger partial charge in [0.15, 0.2) is 12.4 Å². The maximum atomic E-state index is 13.6. The lowest BCUT2D eigenvalue weighted by molar-refractivity contribution is -0.269. The summed E-state index contributed by atoms with van der Waals surface area (Å²) < 4.78 is 34.1. The van der Waals surface area contributed by atoms with Gasteiger partial charge in [-0.05, 0) is 46.0 Å². The second-order valence-corrected chi connectivity index (χ2v) is 12.4. The molecule has 11 atom stereocenters. The molecular weight excluding hydrogens is 532 g/mol. The second-order valence-electron chi connectivity index (χ2n) is 12.4. The zero-order chi connectivity index (χ0) is 30.1. The Kier molecular flexibility index (Phi) is 9.96. The molecule has 10 nitrogen and oxygen atoms in total. The van der Waals surface area contributed by atoms with Crippen molar-refractivity contribution in [2.24, 2.45) is 29.1 Å². The topological polar surface area (TPSA) is 124 Å². The molecule has 41 heavy (non-hydrogen) atoms. The summed E-state index contributed by atoms with van der Waals surface area (Å²) in [5, 5.41) is 0. The number of esters is 3. The number of rotatable bonds is 9. The maximum absolute atomic E-state index is 13.6. The first-order valence-corrected chi connectivity index (χ1v) is 14.9. The van der Waals surface area contributed by atoms with E-state index in [1.54, 1.807) is 7.11 Å². The molecule has 2 aliphatic heterocycles. The van der Waals surface area contributed by atoms with Gasteiger partial charge in [-0.25, -0.2) is 0 Å². The van der Waals surface area contributed by atoms with Crippen molar-refractivity contribution in [3.8, 4) is 0 Å². The van der Waals surface area contributed by atoms with Crippen LogP contribution in [0.4, 0.5) is 0 Å². The van der Waals surface area contributed by atoms with E-state index in [1.165, 1.54) is 14.0 Å². The average Bonchev–Trinajstić information content (AvgIpc) is 3.17. The van der Waals surface area contributed by atoms with Crippen molar-refractivity contribution in [1.29, 1.82) is 0 Å². The van der Waals surface area contributed by atoms with Gasteiger partial charge >= 0.3 is 17.9 Å².